The zero-order chi connectivity index (χ0) is 24.3. The van der Waals surface area contributed by atoms with Crippen LogP contribution in [0.5, 0.6) is 11.5 Å². The number of amides is 2. The third kappa shape index (κ3) is 5.04. The fourth-order valence-corrected chi connectivity index (χ4v) is 5.17. The summed E-state index contributed by atoms with van der Waals surface area (Å²) in [5.74, 6) is -0.724. The minimum Gasteiger partial charge on any atom is -0.497 e. The second-order valence-electron chi connectivity index (χ2n) is 7.73. The normalized spacial score (nSPS) is 13.7. The van der Waals surface area contributed by atoms with Crippen LogP contribution in [0.1, 0.15) is 16.8 Å². The molecule has 2 heterocycles. The molecular weight excluding hydrogens is 460 g/mol. The summed E-state index contributed by atoms with van der Waals surface area (Å²) in [5, 5.41) is 9.52. The van der Waals surface area contributed by atoms with E-state index in [-0.39, 0.29) is 23.9 Å². The quantitative estimate of drug-likeness (QED) is 0.488. The average molecular weight is 485 g/mol. The first kappa shape index (κ1) is 23.3. The van der Waals surface area contributed by atoms with Gasteiger partial charge in [-0.3, -0.25) is 9.59 Å². The molecule has 0 radical (unpaired) electrons. The van der Waals surface area contributed by atoms with Gasteiger partial charge in [-0.05, 0) is 48.4 Å². The molecule has 0 fully saturated rings. The Hall–Kier alpha value is -3.86. The van der Waals surface area contributed by atoms with Gasteiger partial charge in [-0.2, -0.15) is 5.10 Å². The van der Waals surface area contributed by atoms with E-state index in [1.807, 2.05) is 24.3 Å². The highest BCUT2D eigenvalue weighted by Crippen LogP contribution is 2.33. The van der Waals surface area contributed by atoms with E-state index in [0.29, 0.717) is 34.9 Å². The van der Waals surface area contributed by atoms with Gasteiger partial charge in [0, 0.05) is 12.1 Å². The lowest BCUT2D eigenvalue weighted by Gasteiger charge is -2.12. The van der Waals surface area contributed by atoms with Gasteiger partial charge in [0.05, 0.1) is 37.1 Å². The first-order valence-corrected chi connectivity index (χ1v) is 12.3. The third-order valence-electron chi connectivity index (χ3n) is 5.38. The number of fused-ring (bicyclic) bond motifs is 1. The Labute approximate surface area is 196 Å². The number of carbonyl (C=O) groups excluding carboxylic acids is 2. The molecule has 1 aliphatic heterocycles. The molecule has 178 valence electrons. The van der Waals surface area contributed by atoms with Crippen molar-refractivity contribution in [3.05, 3.63) is 65.4 Å². The van der Waals surface area contributed by atoms with E-state index >= 15 is 0 Å². The first-order valence-electron chi connectivity index (χ1n) is 10.5. The van der Waals surface area contributed by atoms with Crippen molar-refractivity contribution in [2.45, 2.75) is 17.9 Å². The molecule has 4 rings (SSSR count). The Balaban J connectivity index is 1.49. The minimum atomic E-state index is -3.36. The SMILES string of the molecule is COc1ccc(-n2nc3c(c2NC(=O)C(=O)NCCc2cccc(OC)c2)CS(=O)(=O)C3)cc1. The summed E-state index contributed by atoms with van der Waals surface area (Å²) in [5.41, 5.74) is 2.26. The number of nitrogens with one attached hydrogen (secondary N) is 2. The molecule has 3 aromatic rings. The fourth-order valence-electron chi connectivity index (χ4n) is 3.67. The van der Waals surface area contributed by atoms with E-state index in [2.05, 4.69) is 15.7 Å². The molecule has 1 aliphatic rings. The maximum atomic E-state index is 12.6. The van der Waals surface area contributed by atoms with Gasteiger partial charge >= 0.3 is 11.8 Å². The predicted molar refractivity (Wildman–Crippen MR) is 125 cm³/mol. The van der Waals surface area contributed by atoms with Crippen LogP contribution >= 0.6 is 0 Å². The van der Waals surface area contributed by atoms with Crippen molar-refractivity contribution in [1.82, 2.24) is 15.1 Å². The van der Waals surface area contributed by atoms with E-state index in [0.717, 1.165) is 5.56 Å². The van der Waals surface area contributed by atoms with Crippen molar-refractivity contribution in [3.63, 3.8) is 0 Å². The fraction of sp³-hybridized carbons (Fsp3) is 0.261. The topological polar surface area (TPSA) is 129 Å². The van der Waals surface area contributed by atoms with Crippen molar-refractivity contribution in [1.29, 1.82) is 0 Å². The van der Waals surface area contributed by atoms with Crippen LogP contribution in [0.15, 0.2) is 48.5 Å². The molecule has 2 N–H and O–H groups in total. The van der Waals surface area contributed by atoms with Gasteiger partial charge in [0.1, 0.15) is 17.3 Å². The minimum absolute atomic E-state index is 0.161. The zero-order valence-electron chi connectivity index (χ0n) is 18.7. The number of anilines is 1. The van der Waals surface area contributed by atoms with E-state index in [9.17, 15) is 18.0 Å². The molecule has 0 saturated carbocycles. The van der Waals surface area contributed by atoms with Gasteiger partial charge in [-0.1, -0.05) is 12.1 Å². The van der Waals surface area contributed by atoms with Crippen LogP contribution in [-0.2, 0) is 37.4 Å². The van der Waals surface area contributed by atoms with Crippen LogP contribution in [0.4, 0.5) is 5.82 Å². The molecular formula is C23H24N4O6S. The largest absolute Gasteiger partial charge is 0.497 e. The smallest absolute Gasteiger partial charge is 0.314 e. The molecule has 0 atom stereocenters. The number of nitrogens with zero attached hydrogens (tertiary/aromatic N) is 2. The molecule has 0 aliphatic carbocycles. The van der Waals surface area contributed by atoms with Gasteiger partial charge < -0.3 is 20.1 Å². The molecule has 34 heavy (non-hydrogen) atoms. The second kappa shape index (κ2) is 9.56. The van der Waals surface area contributed by atoms with Gasteiger partial charge in [-0.25, -0.2) is 13.1 Å². The lowest BCUT2D eigenvalue weighted by Crippen LogP contribution is -2.37. The lowest BCUT2D eigenvalue weighted by molar-refractivity contribution is -0.136. The summed E-state index contributed by atoms with van der Waals surface area (Å²) in [6.07, 6.45) is 0.508. The number of methoxy groups -OCH3 is 2. The molecule has 10 nitrogen and oxygen atoms in total. The predicted octanol–water partition coefficient (Wildman–Crippen LogP) is 1.62. The summed E-state index contributed by atoms with van der Waals surface area (Å²) in [4.78, 5) is 25.1. The Morgan fingerprint density at radius 2 is 1.74 bits per heavy atom. The van der Waals surface area contributed by atoms with Crippen LogP contribution in [0.3, 0.4) is 0 Å². The number of hydrogen-bond donors (Lipinski definition) is 2. The molecule has 0 saturated heterocycles. The highest BCUT2D eigenvalue weighted by Gasteiger charge is 2.33. The molecule has 0 bridgehead atoms. The summed E-state index contributed by atoms with van der Waals surface area (Å²) in [6.45, 7) is 0.240. The zero-order valence-corrected chi connectivity index (χ0v) is 19.5. The Morgan fingerprint density at radius 3 is 2.44 bits per heavy atom. The van der Waals surface area contributed by atoms with Crippen molar-refractivity contribution in [2.75, 3.05) is 26.1 Å². The van der Waals surface area contributed by atoms with E-state index < -0.39 is 21.7 Å². The van der Waals surface area contributed by atoms with E-state index in [1.54, 1.807) is 38.5 Å². The number of ether oxygens (including phenoxy) is 2. The highest BCUT2D eigenvalue weighted by atomic mass is 32.2. The van der Waals surface area contributed by atoms with Crippen LogP contribution < -0.4 is 20.1 Å². The van der Waals surface area contributed by atoms with Crippen molar-refractivity contribution < 1.29 is 27.5 Å². The second-order valence-corrected chi connectivity index (χ2v) is 9.79. The monoisotopic (exact) mass is 484 g/mol. The number of carbonyl (C=O) groups is 2. The molecule has 0 spiro atoms. The Morgan fingerprint density at radius 1 is 1.00 bits per heavy atom. The van der Waals surface area contributed by atoms with Gasteiger partial charge in [0.2, 0.25) is 0 Å². The van der Waals surface area contributed by atoms with E-state index in [4.69, 9.17) is 9.47 Å². The van der Waals surface area contributed by atoms with Crippen LogP contribution in [0.25, 0.3) is 5.69 Å². The first-order chi connectivity index (χ1) is 16.3. The van der Waals surface area contributed by atoms with Crippen LogP contribution in [-0.4, -0.2) is 50.8 Å². The number of aromatic nitrogens is 2. The van der Waals surface area contributed by atoms with Gasteiger partial charge in [0.15, 0.2) is 9.84 Å². The standard InChI is InChI=1S/C23H24N4O6S/c1-32-17-8-6-16(7-9-17)27-21(19-13-34(30,31)14-20(19)26-27)25-23(29)22(28)24-11-10-15-4-3-5-18(12-15)33-2/h3-9,12H,10-11,13-14H2,1-2H3,(H,24,28)(H,25,29). The van der Waals surface area contributed by atoms with Crippen LogP contribution in [0.2, 0.25) is 0 Å². The van der Waals surface area contributed by atoms with Crippen molar-refractivity contribution in [3.8, 4) is 17.2 Å². The Bertz CT molecular complexity index is 1330. The van der Waals surface area contributed by atoms with E-state index in [1.165, 1.54) is 4.68 Å². The summed E-state index contributed by atoms with van der Waals surface area (Å²) in [6, 6.07) is 14.3. The van der Waals surface area contributed by atoms with Crippen molar-refractivity contribution in [2.24, 2.45) is 0 Å². The maximum Gasteiger partial charge on any atom is 0.314 e. The van der Waals surface area contributed by atoms with Crippen molar-refractivity contribution >= 4 is 27.5 Å². The Kier molecular flexibility index (Phi) is 6.55. The van der Waals surface area contributed by atoms with Crippen LogP contribution in [0, 0.1) is 0 Å². The number of rotatable bonds is 7. The number of sulfone groups is 1. The third-order valence-corrected chi connectivity index (χ3v) is 6.82. The number of hydrogen-bond acceptors (Lipinski definition) is 7. The summed E-state index contributed by atoms with van der Waals surface area (Å²) in [7, 11) is -0.243. The summed E-state index contributed by atoms with van der Waals surface area (Å²) >= 11 is 0. The van der Waals surface area contributed by atoms with Gasteiger partial charge in [-0.15, -0.1) is 0 Å². The molecule has 1 aromatic heterocycles. The summed E-state index contributed by atoms with van der Waals surface area (Å²) < 4.78 is 36.0. The molecule has 11 heteroatoms. The molecule has 2 aromatic carbocycles. The molecule has 0 unspecified atom stereocenters. The highest BCUT2D eigenvalue weighted by molar-refractivity contribution is 7.90. The average Bonchev–Trinajstić information content (AvgIpc) is 3.31. The number of benzene rings is 2. The molecule has 2 amide bonds. The van der Waals surface area contributed by atoms with Gasteiger partial charge in [0.25, 0.3) is 0 Å². The lowest BCUT2D eigenvalue weighted by atomic mass is 10.1. The maximum absolute atomic E-state index is 12.6.